The summed E-state index contributed by atoms with van der Waals surface area (Å²) in [5.41, 5.74) is 9.90. The summed E-state index contributed by atoms with van der Waals surface area (Å²) in [7, 11) is 1.64. The molecule has 2 bridgehead atoms. The summed E-state index contributed by atoms with van der Waals surface area (Å²) in [6, 6.07) is 19.1. The molecular formula is C61H67FN12O7. The van der Waals surface area contributed by atoms with Gasteiger partial charge >= 0.3 is 6.01 Å². The van der Waals surface area contributed by atoms with Crippen LogP contribution in [0.4, 0.5) is 10.2 Å². The van der Waals surface area contributed by atoms with E-state index in [0.29, 0.717) is 45.2 Å². The Morgan fingerprint density at radius 3 is 2.42 bits per heavy atom. The standard InChI is InChI=1S/C61H67FN12O7/c1-32(2)56(60(78)73-27-43(76)20-52(73)59(77)66-51(29-75)40-15-13-38(14-16-40)46-24-63-18-17-33(46)3)74-28-50(70-71-74)39-9-7-36(8-10-39)31-80-57-54(53-35(5)48(62)22-49-47(53)25-65-69-49)44(37-11-12-37)21-45-55(57)67-61(81-30-34(4)79-6)68-58(45)72-26-41-19-42(72)23-64-41/h7-10,13-18,21-22,24-25,28,32,34,37,41-43,51-52,56,64,75-76H,11-12,19-20,23,26-27,29-31H2,1-6H3,(H,65,69)(H,66,77)/t34-,41-,42-,43+,51-,52-,56-/m0/s1. The summed E-state index contributed by atoms with van der Waals surface area (Å²) in [4.78, 5) is 46.9. The molecule has 420 valence electrons. The van der Waals surface area contributed by atoms with E-state index in [1.54, 1.807) is 38.8 Å². The van der Waals surface area contributed by atoms with Crippen molar-refractivity contribution in [1.29, 1.82) is 0 Å². The zero-order valence-corrected chi connectivity index (χ0v) is 46.3. The van der Waals surface area contributed by atoms with Crippen molar-refractivity contribution in [2.24, 2.45) is 5.92 Å². The van der Waals surface area contributed by atoms with Crippen molar-refractivity contribution in [3.8, 4) is 45.3 Å². The van der Waals surface area contributed by atoms with Gasteiger partial charge in [-0.25, -0.2) is 9.07 Å². The van der Waals surface area contributed by atoms with Gasteiger partial charge in [-0.05, 0) is 103 Å². The average molecular weight is 1100 g/mol. The van der Waals surface area contributed by atoms with Crippen LogP contribution in [0.3, 0.4) is 0 Å². The fraction of sp³-hybridized carbons (Fsp3) is 0.410. The number of aliphatic hydroxyl groups is 2. The number of amides is 2. The van der Waals surface area contributed by atoms with E-state index >= 15 is 4.39 Å². The number of aromatic nitrogens is 8. The van der Waals surface area contributed by atoms with E-state index in [0.717, 1.165) is 87.9 Å². The molecule has 2 amide bonds. The summed E-state index contributed by atoms with van der Waals surface area (Å²) in [6.07, 6.45) is 8.84. The van der Waals surface area contributed by atoms with Gasteiger partial charge in [0.1, 0.15) is 48.1 Å². The molecule has 0 radical (unpaired) electrons. The van der Waals surface area contributed by atoms with Crippen molar-refractivity contribution in [3.05, 3.63) is 125 Å². The molecule has 4 aromatic heterocycles. The fourth-order valence-corrected chi connectivity index (χ4v) is 12.0. The van der Waals surface area contributed by atoms with Gasteiger partial charge in [-0.3, -0.25) is 19.7 Å². The van der Waals surface area contributed by atoms with Crippen LogP contribution in [0, 0.1) is 25.6 Å². The highest BCUT2D eigenvalue weighted by Gasteiger charge is 2.44. The van der Waals surface area contributed by atoms with Crippen molar-refractivity contribution < 1.29 is 38.4 Å². The molecule has 1 saturated carbocycles. The number of anilines is 1. The number of H-pyrrole nitrogens is 1. The first-order valence-electron chi connectivity index (χ1n) is 28.0. The number of rotatable bonds is 19. The Kier molecular flexibility index (Phi) is 14.7. The molecule has 7 atom stereocenters. The maximum atomic E-state index is 16.1. The predicted molar refractivity (Wildman–Crippen MR) is 303 cm³/mol. The molecular weight excluding hydrogens is 1030 g/mol. The third kappa shape index (κ3) is 10.5. The minimum atomic E-state index is -0.986. The number of β-amino-alcohol motifs (C(OH)–C–C–N with tert-alkyl or cyclic N) is 1. The number of ether oxygens (including phenoxy) is 3. The number of benzene rings is 4. The monoisotopic (exact) mass is 1100 g/mol. The van der Waals surface area contributed by atoms with E-state index < -0.39 is 30.1 Å². The number of nitrogens with one attached hydrogen (secondary N) is 3. The summed E-state index contributed by atoms with van der Waals surface area (Å²) in [6.45, 7) is 11.1. The first-order chi connectivity index (χ1) is 39.2. The van der Waals surface area contributed by atoms with Crippen LogP contribution < -0.4 is 25.0 Å². The highest BCUT2D eigenvalue weighted by atomic mass is 19.1. The summed E-state index contributed by atoms with van der Waals surface area (Å²) < 4.78 is 36.6. The van der Waals surface area contributed by atoms with Crippen LogP contribution in [-0.2, 0) is 20.9 Å². The third-order valence-electron chi connectivity index (χ3n) is 16.7. The van der Waals surface area contributed by atoms with E-state index in [4.69, 9.17) is 24.2 Å². The van der Waals surface area contributed by atoms with Crippen LogP contribution in [0.2, 0.25) is 0 Å². The lowest BCUT2D eigenvalue weighted by Gasteiger charge is -2.30. The molecule has 3 aliphatic heterocycles. The largest absolute Gasteiger partial charge is 0.486 e. The van der Waals surface area contributed by atoms with Gasteiger partial charge in [-0.1, -0.05) is 67.6 Å². The minimum absolute atomic E-state index is 0.0381. The lowest BCUT2D eigenvalue weighted by Crippen LogP contribution is -2.50. The van der Waals surface area contributed by atoms with Gasteiger partial charge in [0.2, 0.25) is 11.8 Å². The predicted octanol–water partition coefficient (Wildman–Crippen LogP) is 7.68. The first kappa shape index (κ1) is 53.7. The van der Waals surface area contributed by atoms with Crippen molar-refractivity contribution >= 4 is 39.4 Å². The quantitative estimate of drug-likeness (QED) is 0.0523. The number of fused-ring (bicyclic) bond motifs is 4. The molecule has 8 aromatic rings. The number of carbonyl (C=O) groups excluding carboxylic acids is 2. The number of carbonyl (C=O) groups is 2. The molecule has 19 nitrogen and oxygen atoms in total. The lowest BCUT2D eigenvalue weighted by atomic mass is 9.88. The number of pyridine rings is 1. The third-order valence-corrected chi connectivity index (χ3v) is 16.7. The van der Waals surface area contributed by atoms with Gasteiger partial charge < -0.3 is 44.9 Å². The van der Waals surface area contributed by atoms with Crippen molar-refractivity contribution in [2.45, 2.75) is 115 Å². The number of aryl methyl sites for hydroxylation is 1. The first-order valence-corrected chi connectivity index (χ1v) is 28.0. The Balaban J connectivity index is 0.820. The van der Waals surface area contributed by atoms with Crippen LogP contribution >= 0.6 is 0 Å². The Hall–Kier alpha value is -7.91. The van der Waals surface area contributed by atoms with Crippen LogP contribution in [-0.4, -0.2) is 137 Å². The summed E-state index contributed by atoms with van der Waals surface area (Å²) in [5.74, 6) is -0.0141. The number of aromatic amines is 1. The number of hydrogen-bond donors (Lipinski definition) is 5. The minimum Gasteiger partial charge on any atom is -0.486 e. The van der Waals surface area contributed by atoms with Gasteiger partial charge in [0.05, 0.1) is 42.8 Å². The lowest BCUT2D eigenvalue weighted by molar-refractivity contribution is -0.142. The highest BCUT2D eigenvalue weighted by molar-refractivity contribution is 6.06. The maximum Gasteiger partial charge on any atom is 0.319 e. The molecule has 81 heavy (non-hydrogen) atoms. The zero-order chi connectivity index (χ0) is 56.2. The molecule has 4 aliphatic rings. The number of hydrogen-bond acceptors (Lipinski definition) is 15. The number of aliphatic hydroxyl groups excluding tert-OH is 2. The van der Waals surface area contributed by atoms with E-state index in [2.05, 4.69) is 47.1 Å². The van der Waals surface area contributed by atoms with Gasteiger partial charge in [0.25, 0.3) is 0 Å². The molecule has 12 rings (SSSR count). The molecule has 1 aliphatic carbocycles. The van der Waals surface area contributed by atoms with E-state index in [1.165, 1.54) is 15.6 Å². The van der Waals surface area contributed by atoms with E-state index in [1.807, 2.05) is 82.3 Å². The fourth-order valence-electron chi connectivity index (χ4n) is 12.0. The van der Waals surface area contributed by atoms with Crippen molar-refractivity contribution in [2.75, 3.05) is 44.9 Å². The topological polar surface area (TPSA) is 231 Å². The second kappa shape index (κ2) is 22.2. The van der Waals surface area contributed by atoms with Crippen LogP contribution in [0.25, 0.3) is 55.3 Å². The molecule has 5 N–H and O–H groups in total. The van der Waals surface area contributed by atoms with Gasteiger partial charge in [-0.2, -0.15) is 15.1 Å². The molecule has 0 spiro atoms. The van der Waals surface area contributed by atoms with E-state index in [-0.39, 0.29) is 74.5 Å². The smallest absolute Gasteiger partial charge is 0.319 e. The Morgan fingerprint density at radius 1 is 0.926 bits per heavy atom. The van der Waals surface area contributed by atoms with Crippen LogP contribution in [0.15, 0.2) is 91.5 Å². The number of likely N-dealkylation sites (tertiary alicyclic amines) is 1. The highest BCUT2D eigenvalue weighted by Crippen LogP contribution is 2.53. The molecule has 0 unspecified atom stereocenters. The molecule has 20 heteroatoms. The Bertz CT molecular complexity index is 3640. The van der Waals surface area contributed by atoms with Gasteiger partial charge in [0.15, 0.2) is 5.75 Å². The van der Waals surface area contributed by atoms with Crippen molar-refractivity contribution in [3.63, 3.8) is 0 Å². The molecule has 7 heterocycles. The van der Waals surface area contributed by atoms with Crippen LogP contribution in [0.1, 0.15) is 92.3 Å². The molecule has 4 fully saturated rings. The number of halogens is 1. The van der Waals surface area contributed by atoms with Crippen molar-refractivity contribution in [1.82, 2.24) is 55.7 Å². The van der Waals surface area contributed by atoms with Gasteiger partial charge in [0, 0.05) is 90.7 Å². The average Bonchev–Trinajstić information content (AvgIpc) is 4.07. The SMILES string of the molecule is CO[C@@H](C)COc1nc(N2C[C@@H]3C[C@H]2CN3)c2cc(C3CC3)c(-c3c(C)c(F)cc4[nH]ncc34)c(OCc3ccc(-c4cn([C@H](C(=O)N5C[C@H](O)C[C@H]5C(=O)N[C@@H](CO)c5ccc(-c6cnccc6C)cc5)C(C)C)nn4)cc3)c2n1. The van der Waals surface area contributed by atoms with Gasteiger partial charge in [-0.15, -0.1) is 5.10 Å². The number of nitrogens with zero attached hydrogens (tertiary/aromatic N) is 9. The Labute approximate surface area is 468 Å². The Morgan fingerprint density at radius 2 is 1.72 bits per heavy atom. The second-order valence-corrected chi connectivity index (χ2v) is 22.6. The number of methoxy groups -OCH3 is 1. The van der Waals surface area contributed by atoms with Crippen LogP contribution in [0.5, 0.6) is 11.8 Å². The summed E-state index contributed by atoms with van der Waals surface area (Å²) in [5, 5.41) is 45.9. The maximum absolute atomic E-state index is 16.1. The summed E-state index contributed by atoms with van der Waals surface area (Å²) >= 11 is 0. The van der Waals surface area contributed by atoms with E-state index in [9.17, 15) is 19.8 Å². The zero-order valence-electron chi connectivity index (χ0n) is 46.3. The molecule has 4 aromatic carbocycles. The number of piperazine rings is 1. The molecule has 3 saturated heterocycles. The normalized spacial score (nSPS) is 19.9. The second-order valence-electron chi connectivity index (χ2n) is 22.6.